The summed E-state index contributed by atoms with van der Waals surface area (Å²) in [6.07, 6.45) is -2.97. The number of amides is 2. The van der Waals surface area contributed by atoms with Crippen molar-refractivity contribution in [3.8, 4) is 11.1 Å². The average Bonchev–Trinajstić information content (AvgIpc) is 3.02. The molecule has 0 bridgehead atoms. The molecule has 1 saturated heterocycles. The molecule has 2 amide bonds. The van der Waals surface area contributed by atoms with Gasteiger partial charge in [0.15, 0.2) is 0 Å². The predicted molar refractivity (Wildman–Crippen MR) is 167 cm³/mol. The number of benzene rings is 3. The summed E-state index contributed by atoms with van der Waals surface area (Å²) >= 11 is 6.47. The second kappa shape index (κ2) is 12.0. The first-order valence-electron chi connectivity index (χ1n) is 14.3. The fourth-order valence-corrected chi connectivity index (χ4v) is 5.89. The van der Waals surface area contributed by atoms with Gasteiger partial charge in [0.05, 0.1) is 27.5 Å². The zero-order valence-corrected chi connectivity index (χ0v) is 25.0. The van der Waals surface area contributed by atoms with Crippen LogP contribution in [0.5, 0.6) is 0 Å². The van der Waals surface area contributed by atoms with Crippen LogP contribution in [0.1, 0.15) is 32.0 Å². The summed E-state index contributed by atoms with van der Waals surface area (Å²) in [7, 11) is 2.12. The van der Waals surface area contributed by atoms with E-state index < -0.39 is 23.6 Å². The van der Waals surface area contributed by atoms with Gasteiger partial charge < -0.3 is 25.8 Å². The lowest BCUT2D eigenvalue weighted by Crippen LogP contribution is -2.44. The molecule has 2 aliphatic rings. The van der Waals surface area contributed by atoms with E-state index in [9.17, 15) is 22.8 Å². The van der Waals surface area contributed by atoms with Crippen molar-refractivity contribution >= 4 is 46.4 Å². The number of nitrogens with one attached hydrogen (secondary N) is 1. The van der Waals surface area contributed by atoms with E-state index in [0.29, 0.717) is 18.1 Å². The van der Waals surface area contributed by atoms with Crippen molar-refractivity contribution < 1.29 is 22.8 Å². The first-order valence-corrected chi connectivity index (χ1v) is 14.7. The number of carbonyl (C=O) groups excluding carboxylic acids is 2. The average molecular weight is 636 g/mol. The van der Waals surface area contributed by atoms with Gasteiger partial charge in [-0.25, -0.2) is 9.97 Å². The number of carbonyl (C=O) groups is 2. The number of nitrogens with two attached hydrogens (primary N) is 1. The third kappa shape index (κ3) is 6.16. The molecule has 9 nitrogen and oxygen atoms in total. The van der Waals surface area contributed by atoms with Crippen LogP contribution in [0.2, 0.25) is 5.02 Å². The Labute approximate surface area is 262 Å². The van der Waals surface area contributed by atoms with Crippen LogP contribution in [0.4, 0.5) is 36.2 Å². The molecule has 4 aromatic rings. The zero-order chi connectivity index (χ0) is 31.9. The van der Waals surface area contributed by atoms with E-state index in [1.54, 1.807) is 0 Å². The Morgan fingerprint density at radius 2 is 1.73 bits per heavy atom. The minimum atomic E-state index is -4.75. The van der Waals surface area contributed by atoms with Gasteiger partial charge in [-0.1, -0.05) is 23.7 Å². The lowest BCUT2D eigenvalue weighted by molar-refractivity contribution is -0.137. The van der Waals surface area contributed by atoms with Crippen LogP contribution >= 0.6 is 11.6 Å². The lowest BCUT2D eigenvalue weighted by Gasteiger charge is -2.34. The summed E-state index contributed by atoms with van der Waals surface area (Å²) in [4.78, 5) is 40.6. The number of anilines is 4. The summed E-state index contributed by atoms with van der Waals surface area (Å²) in [6, 6.07) is 15.4. The molecule has 232 valence electrons. The van der Waals surface area contributed by atoms with E-state index in [1.807, 2.05) is 24.3 Å². The van der Waals surface area contributed by atoms with Gasteiger partial charge in [-0.15, -0.1) is 0 Å². The van der Waals surface area contributed by atoms with Crippen molar-refractivity contribution in [2.24, 2.45) is 5.73 Å². The fourth-order valence-electron chi connectivity index (χ4n) is 5.67. The van der Waals surface area contributed by atoms with Gasteiger partial charge in [0, 0.05) is 67.8 Å². The van der Waals surface area contributed by atoms with Crippen LogP contribution in [0.3, 0.4) is 0 Å². The minimum Gasteiger partial charge on any atom is -0.369 e. The number of piperazine rings is 1. The summed E-state index contributed by atoms with van der Waals surface area (Å²) in [5.41, 5.74) is 6.71. The third-order valence-electron chi connectivity index (χ3n) is 8.07. The van der Waals surface area contributed by atoms with Crippen LogP contribution < -0.4 is 20.9 Å². The minimum absolute atomic E-state index is 0.0455. The fraction of sp³-hybridized carbons (Fsp3) is 0.250. The summed E-state index contributed by atoms with van der Waals surface area (Å²) in [5.74, 6) is -1.12. The van der Waals surface area contributed by atoms with Gasteiger partial charge in [-0.3, -0.25) is 9.59 Å². The monoisotopic (exact) mass is 635 g/mol. The quantitative estimate of drug-likeness (QED) is 0.284. The molecule has 3 heterocycles. The molecule has 1 aromatic heterocycles. The number of likely N-dealkylation sites (N-methyl/N-ethyl adjacent to an activating group) is 1. The molecular weight excluding hydrogens is 607 g/mol. The van der Waals surface area contributed by atoms with Crippen LogP contribution in [-0.4, -0.2) is 66.5 Å². The maximum Gasteiger partial charge on any atom is 0.417 e. The molecule has 0 spiro atoms. The Morgan fingerprint density at radius 1 is 1.00 bits per heavy atom. The number of aromatic nitrogens is 2. The first-order chi connectivity index (χ1) is 21.5. The molecule has 0 saturated carbocycles. The van der Waals surface area contributed by atoms with Crippen LogP contribution in [-0.2, 0) is 12.6 Å². The van der Waals surface area contributed by atoms with Gasteiger partial charge in [0.1, 0.15) is 0 Å². The SMILES string of the molecule is CN1CCN(c2ccc(Nc3ncc4c(n3)CCN(c3cc(-c5c(C(N)=O)cccc5C(F)(F)F)ccc3Cl)C4=O)cc2)CC1. The number of alkyl halides is 3. The normalized spacial score (nSPS) is 15.6. The highest BCUT2D eigenvalue weighted by Gasteiger charge is 2.36. The topological polar surface area (TPSA) is 108 Å². The van der Waals surface area contributed by atoms with Crippen molar-refractivity contribution in [1.82, 2.24) is 14.9 Å². The Morgan fingerprint density at radius 3 is 2.42 bits per heavy atom. The molecular formula is C32H29ClF3N7O2. The molecule has 3 aromatic carbocycles. The van der Waals surface area contributed by atoms with Gasteiger partial charge in [0.25, 0.3) is 5.91 Å². The van der Waals surface area contributed by atoms with E-state index in [1.165, 1.54) is 35.4 Å². The smallest absolute Gasteiger partial charge is 0.369 e. The summed E-state index contributed by atoms with van der Waals surface area (Å²) in [5, 5.41) is 3.34. The maximum atomic E-state index is 14.0. The van der Waals surface area contributed by atoms with Gasteiger partial charge in [-0.05, 0) is 61.1 Å². The van der Waals surface area contributed by atoms with E-state index in [2.05, 4.69) is 32.1 Å². The number of hydrogen-bond acceptors (Lipinski definition) is 7. The van der Waals surface area contributed by atoms with Gasteiger partial charge >= 0.3 is 6.18 Å². The molecule has 2 aliphatic heterocycles. The Bertz CT molecular complexity index is 1770. The highest BCUT2D eigenvalue weighted by molar-refractivity contribution is 6.34. The maximum absolute atomic E-state index is 14.0. The van der Waals surface area contributed by atoms with Gasteiger partial charge in [-0.2, -0.15) is 13.2 Å². The number of nitrogens with zero attached hydrogens (tertiary/aromatic N) is 5. The van der Waals surface area contributed by atoms with Crippen molar-refractivity contribution in [3.63, 3.8) is 0 Å². The molecule has 45 heavy (non-hydrogen) atoms. The van der Waals surface area contributed by atoms with Crippen LogP contribution in [0.25, 0.3) is 11.1 Å². The number of fused-ring (bicyclic) bond motifs is 1. The summed E-state index contributed by atoms with van der Waals surface area (Å²) < 4.78 is 41.9. The highest BCUT2D eigenvalue weighted by Crippen LogP contribution is 2.42. The van der Waals surface area contributed by atoms with E-state index >= 15 is 0 Å². The van der Waals surface area contributed by atoms with Crippen molar-refractivity contribution in [1.29, 1.82) is 0 Å². The molecule has 0 radical (unpaired) electrons. The largest absolute Gasteiger partial charge is 0.417 e. The Balaban J connectivity index is 1.24. The van der Waals surface area contributed by atoms with E-state index in [4.69, 9.17) is 17.3 Å². The number of rotatable bonds is 6. The van der Waals surface area contributed by atoms with E-state index in [0.717, 1.165) is 49.7 Å². The molecule has 6 rings (SSSR count). The zero-order valence-electron chi connectivity index (χ0n) is 24.2. The highest BCUT2D eigenvalue weighted by atomic mass is 35.5. The molecule has 3 N–H and O–H groups in total. The van der Waals surface area contributed by atoms with Crippen molar-refractivity contribution in [2.75, 3.05) is 54.9 Å². The molecule has 0 atom stereocenters. The Kier molecular flexibility index (Phi) is 8.10. The van der Waals surface area contributed by atoms with Crippen LogP contribution in [0, 0.1) is 0 Å². The molecule has 0 aliphatic carbocycles. The molecule has 1 fully saturated rings. The van der Waals surface area contributed by atoms with E-state index in [-0.39, 0.29) is 39.5 Å². The second-order valence-corrected chi connectivity index (χ2v) is 11.4. The van der Waals surface area contributed by atoms with Crippen LogP contribution in [0.15, 0.2) is 66.9 Å². The van der Waals surface area contributed by atoms with Crippen molar-refractivity contribution in [2.45, 2.75) is 12.6 Å². The summed E-state index contributed by atoms with van der Waals surface area (Å²) in [6.45, 7) is 4.13. The second-order valence-electron chi connectivity index (χ2n) is 11.0. The Hall–Kier alpha value is -4.68. The molecule has 13 heteroatoms. The molecule has 0 unspecified atom stereocenters. The first kappa shape index (κ1) is 30.4. The number of halogens is 4. The predicted octanol–water partition coefficient (Wildman–Crippen LogP) is 5.61. The number of primary amides is 1. The standard InChI is InChI=1S/C32H29ClF3N7O2/c1-41-13-15-42(16-14-41)21-8-6-20(7-9-21)39-31-38-18-23-26(40-31)11-12-43(30(23)45)27-17-19(5-10-25(27)33)28-22(29(37)44)3-2-4-24(28)32(34,35)36/h2-10,17-18H,11-16H2,1H3,(H2,37,44)(H,38,39,40). The van der Waals surface area contributed by atoms with Crippen molar-refractivity contribution in [3.05, 3.63) is 94.3 Å². The number of hydrogen-bond donors (Lipinski definition) is 2. The lowest BCUT2D eigenvalue weighted by atomic mass is 9.93. The van der Waals surface area contributed by atoms with Gasteiger partial charge in [0.2, 0.25) is 11.9 Å². The third-order valence-corrected chi connectivity index (χ3v) is 8.39.